The minimum atomic E-state index is -1.10. The fraction of sp³-hybridized carbons (Fsp3) is 0.615. The third-order valence-electron chi connectivity index (χ3n) is 5.40. The van der Waals surface area contributed by atoms with Crippen LogP contribution in [0.2, 0.25) is 0 Å². The minimum Gasteiger partial charge on any atom is -0.489 e. The van der Waals surface area contributed by atoms with Crippen LogP contribution in [0.4, 0.5) is 10.5 Å². The van der Waals surface area contributed by atoms with Crippen LogP contribution in [0.15, 0.2) is 24.3 Å². The second-order valence-corrected chi connectivity index (χ2v) is 9.90. The zero-order valence-electron chi connectivity index (χ0n) is 22.1. The molecule has 1 aliphatic rings. The van der Waals surface area contributed by atoms with Crippen LogP contribution in [0.5, 0.6) is 5.75 Å². The Labute approximate surface area is 217 Å². The van der Waals surface area contributed by atoms with Gasteiger partial charge in [0.05, 0.1) is 5.69 Å². The molecule has 206 valence electrons. The molecule has 3 N–H and O–H groups in total. The number of nitrogens with zero attached hydrogens (tertiary/aromatic N) is 1. The summed E-state index contributed by atoms with van der Waals surface area (Å²) in [4.78, 5) is 49.2. The maximum absolute atomic E-state index is 13.0. The van der Waals surface area contributed by atoms with Gasteiger partial charge in [0.2, 0.25) is 5.91 Å². The van der Waals surface area contributed by atoms with Crippen LogP contribution in [0.25, 0.3) is 0 Å². The van der Waals surface area contributed by atoms with Gasteiger partial charge >= 0.3 is 18.0 Å². The lowest BCUT2D eigenvalue weighted by Crippen LogP contribution is -2.50. The van der Waals surface area contributed by atoms with Crippen molar-refractivity contribution in [2.45, 2.75) is 84.1 Å². The van der Waals surface area contributed by atoms with E-state index in [2.05, 4.69) is 10.6 Å². The van der Waals surface area contributed by atoms with Gasteiger partial charge in [-0.15, -0.1) is 0 Å². The molecule has 1 heterocycles. The predicted octanol–water partition coefficient (Wildman–Crippen LogP) is 3.21. The predicted molar refractivity (Wildman–Crippen MR) is 136 cm³/mol. The molecule has 1 aliphatic heterocycles. The molecular weight excluding hydrogens is 482 g/mol. The summed E-state index contributed by atoms with van der Waals surface area (Å²) < 4.78 is 16.1. The number of aliphatic carboxylic acids is 1. The van der Waals surface area contributed by atoms with Crippen LogP contribution in [0.3, 0.4) is 0 Å². The van der Waals surface area contributed by atoms with Gasteiger partial charge in [0.15, 0.2) is 6.23 Å². The second kappa shape index (κ2) is 14.4. The van der Waals surface area contributed by atoms with Crippen molar-refractivity contribution in [2.75, 3.05) is 24.6 Å². The quantitative estimate of drug-likeness (QED) is 0.202. The largest absolute Gasteiger partial charge is 0.489 e. The van der Waals surface area contributed by atoms with Gasteiger partial charge in [0, 0.05) is 6.42 Å². The molecule has 0 aliphatic carbocycles. The molecule has 11 nitrogen and oxygen atoms in total. The molecule has 2 rings (SSSR count). The van der Waals surface area contributed by atoms with Gasteiger partial charge in [-0.05, 0) is 59.2 Å². The van der Waals surface area contributed by atoms with E-state index < -0.39 is 36.5 Å². The van der Waals surface area contributed by atoms with Gasteiger partial charge in [0.25, 0.3) is 0 Å². The molecule has 0 saturated carbocycles. The molecule has 0 fully saturated rings. The Hall–Kier alpha value is -3.34. The van der Waals surface area contributed by atoms with Crippen molar-refractivity contribution in [3.8, 4) is 5.75 Å². The van der Waals surface area contributed by atoms with Crippen molar-refractivity contribution in [3.63, 3.8) is 0 Å². The van der Waals surface area contributed by atoms with Crippen molar-refractivity contribution in [1.82, 2.24) is 10.6 Å². The van der Waals surface area contributed by atoms with Crippen LogP contribution in [-0.2, 0) is 23.9 Å². The van der Waals surface area contributed by atoms with E-state index in [1.165, 1.54) is 4.90 Å². The number of rotatable bonds is 13. The third kappa shape index (κ3) is 11.1. The van der Waals surface area contributed by atoms with E-state index >= 15 is 0 Å². The molecule has 37 heavy (non-hydrogen) atoms. The summed E-state index contributed by atoms with van der Waals surface area (Å²) in [7, 11) is 0. The number of nitrogens with one attached hydrogen (secondary N) is 2. The molecule has 2 unspecified atom stereocenters. The standard InChI is InChI=1S/C26H39N3O8/c1-18(28-25(34)37-26(2,3)4)36-23(32)14-8-6-5-7-11-15-27-19-17-35-21-13-10-9-12-20(21)29(24(19)33)16-22(30)31/h9-10,12-13,18-19,27H,5-8,11,14-17H2,1-4H3,(H,28,34)(H,30,31). The van der Waals surface area contributed by atoms with Crippen molar-refractivity contribution < 1.29 is 38.5 Å². The number of carbonyl (C=O) groups is 4. The summed E-state index contributed by atoms with van der Waals surface area (Å²) in [6.07, 6.45) is 2.98. The molecule has 0 saturated heterocycles. The van der Waals surface area contributed by atoms with Gasteiger partial charge in [0.1, 0.15) is 30.5 Å². The molecule has 1 aromatic rings. The maximum atomic E-state index is 13.0. The Bertz CT molecular complexity index is 931. The van der Waals surface area contributed by atoms with Crippen LogP contribution < -0.4 is 20.3 Å². The van der Waals surface area contributed by atoms with E-state index in [0.717, 1.165) is 25.7 Å². The number of carboxylic acids is 1. The Morgan fingerprint density at radius 1 is 1.14 bits per heavy atom. The highest BCUT2D eigenvalue weighted by Crippen LogP contribution is 2.30. The van der Waals surface area contributed by atoms with E-state index in [4.69, 9.17) is 14.2 Å². The number of amides is 2. The maximum Gasteiger partial charge on any atom is 0.410 e. The highest BCUT2D eigenvalue weighted by atomic mass is 16.6. The van der Waals surface area contributed by atoms with E-state index in [1.54, 1.807) is 52.0 Å². The number of anilines is 1. The SMILES string of the molecule is CC(NC(=O)OC(C)(C)C)OC(=O)CCCCCCCNC1COc2ccccc2N(CC(=O)O)C1=O. The number of carboxylic acid groups (broad SMARTS) is 1. The first-order valence-corrected chi connectivity index (χ1v) is 12.6. The number of unbranched alkanes of at least 4 members (excludes halogenated alkanes) is 4. The van der Waals surface area contributed by atoms with E-state index in [1.807, 2.05) is 0 Å². The number of alkyl carbamates (subject to hydrolysis) is 1. The number of benzene rings is 1. The second-order valence-electron chi connectivity index (χ2n) is 9.90. The van der Waals surface area contributed by atoms with Crippen LogP contribution in [0.1, 0.15) is 66.2 Å². The molecular formula is C26H39N3O8. The summed E-state index contributed by atoms with van der Waals surface area (Å²) >= 11 is 0. The average molecular weight is 522 g/mol. The third-order valence-corrected chi connectivity index (χ3v) is 5.40. The van der Waals surface area contributed by atoms with Gasteiger partial charge in [-0.1, -0.05) is 31.4 Å². The molecule has 2 amide bonds. The normalized spacial score (nSPS) is 16.2. The van der Waals surface area contributed by atoms with Crippen LogP contribution in [0, 0.1) is 0 Å². The van der Waals surface area contributed by atoms with E-state index in [9.17, 15) is 24.3 Å². The topological polar surface area (TPSA) is 144 Å². The Morgan fingerprint density at radius 3 is 2.51 bits per heavy atom. The van der Waals surface area contributed by atoms with Crippen molar-refractivity contribution >= 4 is 29.6 Å². The number of carbonyl (C=O) groups excluding carboxylic acids is 3. The number of ether oxygens (including phenoxy) is 3. The first-order valence-electron chi connectivity index (χ1n) is 12.6. The fourth-order valence-corrected chi connectivity index (χ4v) is 3.76. The lowest BCUT2D eigenvalue weighted by Gasteiger charge is -2.23. The van der Waals surface area contributed by atoms with Gasteiger partial charge in [-0.25, -0.2) is 4.79 Å². The zero-order valence-corrected chi connectivity index (χ0v) is 22.1. The lowest BCUT2D eigenvalue weighted by atomic mass is 10.1. The molecule has 0 spiro atoms. The Kier molecular flexibility index (Phi) is 11.6. The monoisotopic (exact) mass is 521 g/mol. The summed E-state index contributed by atoms with van der Waals surface area (Å²) in [5.74, 6) is -1.33. The number of hydrogen-bond donors (Lipinski definition) is 3. The molecule has 2 atom stereocenters. The summed E-state index contributed by atoms with van der Waals surface area (Å²) in [6.45, 7) is 7.08. The summed E-state index contributed by atoms with van der Waals surface area (Å²) in [5.41, 5.74) is -0.178. The Balaban J connectivity index is 1.62. The number of fused-ring (bicyclic) bond motifs is 1. The highest BCUT2D eigenvalue weighted by Gasteiger charge is 2.32. The van der Waals surface area contributed by atoms with Gasteiger partial charge in [-0.3, -0.25) is 24.6 Å². The van der Waals surface area contributed by atoms with E-state index in [0.29, 0.717) is 24.4 Å². The first kappa shape index (κ1) is 29.9. The number of hydrogen-bond acceptors (Lipinski definition) is 8. The number of para-hydroxylation sites is 2. The van der Waals surface area contributed by atoms with Crippen molar-refractivity contribution in [2.24, 2.45) is 0 Å². The van der Waals surface area contributed by atoms with Gasteiger partial charge < -0.3 is 24.6 Å². The summed E-state index contributed by atoms with van der Waals surface area (Å²) in [6, 6.07) is 6.26. The minimum absolute atomic E-state index is 0.120. The highest BCUT2D eigenvalue weighted by molar-refractivity contribution is 6.02. The summed E-state index contributed by atoms with van der Waals surface area (Å²) in [5, 5.41) is 14.9. The van der Waals surface area contributed by atoms with Crippen LogP contribution in [-0.4, -0.2) is 66.6 Å². The Morgan fingerprint density at radius 2 is 1.81 bits per heavy atom. The lowest BCUT2D eigenvalue weighted by molar-refractivity contribution is -0.149. The molecule has 0 radical (unpaired) electrons. The average Bonchev–Trinajstić information content (AvgIpc) is 2.91. The molecule has 0 bridgehead atoms. The smallest absolute Gasteiger partial charge is 0.410 e. The van der Waals surface area contributed by atoms with Gasteiger partial charge in [-0.2, -0.15) is 0 Å². The number of esters is 1. The zero-order chi connectivity index (χ0) is 27.4. The van der Waals surface area contributed by atoms with E-state index in [-0.39, 0.29) is 24.9 Å². The van der Waals surface area contributed by atoms with Crippen molar-refractivity contribution in [3.05, 3.63) is 24.3 Å². The molecule has 11 heteroatoms. The first-order chi connectivity index (χ1) is 17.5. The molecule has 0 aromatic heterocycles. The molecule has 1 aromatic carbocycles. The fourth-order valence-electron chi connectivity index (χ4n) is 3.76. The van der Waals surface area contributed by atoms with Crippen LogP contribution >= 0.6 is 0 Å². The van der Waals surface area contributed by atoms with Crippen molar-refractivity contribution in [1.29, 1.82) is 0 Å².